The number of nitrogens with zero attached hydrogens (tertiary/aromatic N) is 2. The van der Waals surface area contributed by atoms with E-state index >= 15 is 0 Å². The van der Waals surface area contributed by atoms with E-state index in [9.17, 15) is 0 Å². The highest BCUT2D eigenvalue weighted by atomic mass is 16.5. The quantitative estimate of drug-likeness (QED) is 0.792. The van der Waals surface area contributed by atoms with E-state index in [1.807, 2.05) is 13.8 Å². The molecule has 0 saturated carbocycles. The van der Waals surface area contributed by atoms with Crippen molar-refractivity contribution in [1.29, 1.82) is 0 Å². The van der Waals surface area contributed by atoms with Crippen LogP contribution in [-0.4, -0.2) is 29.2 Å². The first kappa shape index (κ1) is 10.4. The molecule has 0 radical (unpaired) electrons. The molecule has 1 fully saturated rings. The van der Waals surface area contributed by atoms with Gasteiger partial charge in [-0.3, -0.25) is 4.98 Å². The summed E-state index contributed by atoms with van der Waals surface area (Å²) in [7, 11) is 0. The zero-order valence-corrected chi connectivity index (χ0v) is 9.29. The summed E-state index contributed by atoms with van der Waals surface area (Å²) in [4.78, 5) is 8.59. The molecule has 1 aliphatic heterocycles. The zero-order valence-electron chi connectivity index (χ0n) is 9.29. The molecule has 15 heavy (non-hydrogen) atoms. The van der Waals surface area contributed by atoms with Crippen LogP contribution in [0.5, 0.6) is 5.88 Å². The standard InChI is InChI=1S/C11H17N3O/c1-8-9(2)14-11(7-13-8)15-10-4-3-5-12-6-10/h7,10,12H,3-6H2,1-2H3/t10-/m0/s1. The molecular weight excluding hydrogens is 190 g/mol. The molecule has 4 heteroatoms. The van der Waals surface area contributed by atoms with Gasteiger partial charge in [-0.1, -0.05) is 0 Å². The number of hydrogen-bond acceptors (Lipinski definition) is 4. The highest BCUT2D eigenvalue weighted by Crippen LogP contribution is 2.13. The second-order valence-corrected chi connectivity index (χ2v) is 3.97. The first-order valence-electron chi connectivity index (χ1n) is 5.43. The van der Waals surface area contributed by atoms with Gasteiger partial charge < -0.3 is 10.1 Å². The van der Waals surface area contributed by atoms with Crippen LogP contribution in [0.4, 0.5) is 0 Å². The van der Waals surface area contributed by atoms with E-state index in [1.54, 1.807) is 6.20 Å². The van der Waals surface area contributed by atoms with Gasteiger partial charge in [-0.15, -0.1) is 0 Å². The SMILES string of the molecule is Cc1ncc(O[C@H]2CCCNC2)nc1C. The van der Waals surface area contributed by atoms with Crippen molar-refractivity contribution in [1.82, 2.24) is 15.3 Å². The zero-order chi connectivity index (χ0) is 10.7. The van der Waals surface area contributed by atoms with Crippen LogP contribution in [0.1, 0.15) is 24.2 Å². The summed E-state index contributed by atoms with van der Waals surface area (Å²) in [5.74, 6) is 0.645. The average molecular weight is 207 g/mol. The van der Waals surface area contributed by atoms with E-state index in [0.717, 1.165) is 30.9 Å². The minimum atomic E-state index is 0.246. The Bertz CT molecular complexity index is 335. The van der Waals surface area contributed by atoms with E-state index in [1.165, 1.54) is 6.42 Å². The van der Waals surface area contributed by atoms with Gasteiger partial charge in [0.15, 0.2) is 0 Å². The number of aryl methyl sites for hydroxylation is 2. The third-order valence-corrected chi connectivity index (χ3v) is 2.71. The fourth-order valence-electron chi connectivity index (χ4n) is 1.67. The molecule has 1 aromatic rings. The van der Waals surface area contributed by atoms with E-state index in [2.05, 4.69) is 15.3 Å². The first-order chi connectivity index (χ1) is 7.25. The summed E-state index contributed by atoms with van der Waals surface area (Å²) in [6, 6.07) is 0. The third-order valence-electron chi connectivity index (χ3n) is 2.71. The molecule has 0 aliphatic carbocycles. The van der Waals surface area contributed by atoms with Gasteiger partial charge >= 0.3 is 0 Å². The molecule has 0 spiro atoms. The topological polar surface area (TPSA) is 47.0 Å². The van der Waals surface area contributed by atoms with E-state index in [0.29, 0.717) is 5.88 Å². The van der Waals surface area contributed by atoms with Crippen LogP contribution < -0.4 is 10.1 Å². The van der Waals surface area contributed by atoms with E-state index < -0.39 is 0 Å². The van der Waals surface area contributed by atoms with Crippen molar-refractivity contribution in [3.8, 4) is 5.88 Å². The highest BCUT2D eigenvalue weighted by molar-refractivity contribution is 5.14. The van der Waals surface area contributed by atoms with Crippen molar-refractivity contribution in [2.45, 2.75) is 32.8 Å². The number of rotatable bonds is 2. The molecule has 0 bridgehead atoms. The van der Waals surface area contributed by atoms with Crippen molar-refractivity contribution in [2.24, 2.45) is 0 Å². The van der Waals surface area contributed by atoms with Gasteiger partial charge in [0.2, 0.25) is 5.88 Å². The smallest absolute Gasteiger partial charge is 0.232 e. The Kier molecular flexibility index (Phi) is 3.16. The van der Waals surface area contributed by atoms with Crippen molar-refractivity contribution in [3.05, 3.63) is 17.6 Å². The van der Waals surface area contributed by atoms with Gasteiger partial charge in [0.05, 0.1) is 17.6 Å². The lowest BCUT2D eigenvalue weighted by Crippen LogP contribution is -2.37. The van der Waals surface area contributed by atoms with E-state index in [-0.39, 0.29) is 6.10 Å². The number of aromatic nitrogens is 2. The molecule has 0 aromatic carbocycles. The molecule has 1 atom stereocenters. The maximum absolute atomic E-state index is 5.76. The number of piperidine rings is 1. The largest absolute Gasteiger partial charge is 0.472 e. The Balaban J connectivity index is 2.00. The van der Waals surface area contributed by atoms with Crippen molar-refractivity contribution in [3.63, 3.8) is 0 Å². The summed E-state index contributed by atoms with van der Waals surface area (Å²) in [6.07, 6.45) is 4.22. The monoisotopic (exact) mass is 207 g/mol. The minimum Gasteiger partial charge on any atom is -0.472 e. The summed E-state index contributed by atoms with van der Waals surface area (Å²) >= 11 is 0. The van der Waals surface area contributed by atoms with Gasteiger partial charge in [-0.05, 0) is 33.2 Å². The van der Waals surface area contributed by atoms with Crippen LogP contribution in [0.3, 0.4) is 0 Å². The van der Waals surface area contributed by atoms with Crippen LogP contribution in [-0.2, 0) is 0 Å². The maximum atomic E-state index is 5.76. The molecule has 1 saturated heterocycles. The lowest BCUT2D eigenvalue weighted by atomic mass is 10.1. The van der Waals surface area contributed by atoms with Crippen LogP contribution >= 0.6 is 0 Å². The Morgan fingerprint density at radius 2 is 2.27 bits per heavy atom. The molecule has 2 rings (SSSR count). The summed E-state index contributed by atoms with van der Waals surface area (Å²) < 4.78 is 5.76. The number of nitrogens with one attached hydrogen (secondary N) is 1. The first-order valence-corrected chi connectivity index (χ1v) is 5.43. The molecule has 0 unspecified atom stereocenters. The van der Waals surface area contributed by atoms with Gasteiger partial charge in [-0.25, -0.2) is 4.98 Å². The molecule has 82 valence electrons. The van der Waals surface area contributed by atoms with Gasteiger partial charge in [0.25, 0.3) is 0 Å². The van der Waals surface area contributed by atoms with Crippen LogP contribution in [0, 0.1) is 13.8 Å². The van der Waals surface area contributed by atoms with Crippen molar-refractivity contribution in [2.75, 3.05) is 13.1 Å². The average Bonchev–Trinajstić information content (AvgIpc) is 2.25. The molecule has 1 aliphatic rings. The predicted octanol–water partition coefficient (Wildman–Crippen LogP) is 1.22. The summed E-state index contributed by atoms with van der Waals surface area (Å²) in [5, 5.41) is 3.31. The Morgan fingerprint density at radius 3 is 2.93 bits per heavy atom. The van der Waals surface area contributed by atoms with Crippen LogP contribution in [0.25, 0.3) is 0 Å². The molecule has 1 N–H and O–H groups in total. The normalized spacial score (nSPS) is 21.3. The lowest BCUT2D eigenvalue weighted by Gasteiger charge is -2.23. The number of ether oxygens (including phenoxy) is 1. The van der Waals surface area contributed by atoms with Gasteiger partial charge in [-0.2, -0.15) is 0 Å². The molecular formula is C11H17N3O. The lowest BCUT2D eigenvalue weighted by molar-refractivity contribution is 0.159. The molecule has 0 amide bonds. The predicted molar refractivity (Wildman–Crippen MR) is 58.0 cm³/mol. The fraction of sp³-hybridized carbons (Fsp3) is 0.636. The van der Waals surface area contributed by atoms with E-state index in [4.69, 9.17) is 4.74 Å². The summed E-state index contributed by atoms with van der Waals surface area (Å²) in [6.45, 7) is 5.91. The minimum absolute atomic E-state index is 0.246. The second kappa shape index (κ2) is 4.57. The highest BCUT2D eigenvalue weighted by Gasteiger charge is 2.15. The maximum Gasteiger partial charge on any atom is 0.232 e. The summed E-state index contributed by atoms with van der Waals surface area (Å²) in [5.41, 5.74) is 1.90. The Morgan fingerprint density at radius 1 is 1.40 bits per heavy atom. The molecule has 4 nitrogen and oxygen atoms in total. The molecule has 2 heterocycles. The third kappa shape index (κ3) is 2.65. The Labute approximate surface area is 90.1 Å². The second-order valence-electron chi connectivity index (χ2n) is 3.97. The van der Waals surface area contributed by atoms with Crippen LogP contribution in [0.2, 0.25) is 0 Å². The van der Waals surface area contributed by atoms with Gasteiger partial charge in [0.1, 0.15) is 6.10 Å². The van der Waals surface area contributed by atoms with Gasteiger partial charge in [0, 0.05) is 6.54 Å². The molecule has 1 aromatic heterocycles. The fourth-order valence-corrected chi connectivity index (χ4v) is 1.67. The number of hydrogen-bond donors (Lipinski definition) is 1. The Hall–Kier alpha value is -1.16. The van der Waals surface area contributed by atoms with Crippen molar-refractivity contribution < 1.29 is 4.74 Å². The van der Waals surface area contributed by atoms with Crippen LogP contribution in [0.15, 0.2) is 6.20 Å². The van der Waals surface area contributed by atoms with Crippen molar-refractivity contribution >= 4 is 0 Å².